The zero-order valence-corrected chi connectivity index (χ0v) is 18.5. The Bertz CT molecular complexity index is 941. The lowest BCUT2D eigenvalue weighted by atomic mass is 10.2. The van der Waals surface area contributed by atoms with E-state index < -0.39 is 16.1 Å². The lowest BCUT2D eigenvalue weighted by Crippen LogP contribution is -2.39. The van der Waals surface area contributed by atoms with Gasteiger partial charge in [-0.1, -0.05) is 0 Å². The van der Waals surface area contributed by atoms with Crippen LogP contribution in [0.25, 0.3) is 0 Å². The van der Waals surface area contributed by atoms with Gasteiger partial charge >= 0.3 is 0 Å². The summed E-state index contributed by atoms with van der Waals surface area (Å²) in [5.41, 5.74) is 0.310. The summed E-state index contributed by atoms with van der Waals surface area (Å²) < 4.78 is 31.1. The zero-order chi connectivity index (χ0) is 21.1. The smallest absolute Gasteiger partial charge is 0.242 e. The van der Waals surface area contributed by atoms with Crippen LogP contribution < -0.4 is 10.1 Å². The zero-order valence-electron chi connectivity index (χ0n) is 16.9. The van der Waals surface area contributed by atoms with Crippen LogP contribution in [0.15, 0.2) is 29.3 Å². The van der Waals surface area contributed by atoms with Gasteiger partial charge in [0.15, 0.2) is 0 Å². The largest absolute Gasteiger partial charge is 0.495 e. The van der Waals surface area contributed by atoms with Crippen LogP contribution in [0.2, 0.25) is 0 Å². The standard InChI is InChI=1S/C18H26N4O4S2/c1-12(22(5)11-14-10-19-13(2)27-14)18(23)20-16-9-15(7-8-17(16)26-6)28(24,25)21(3)4/h7-10,12H,11H2,1-6H3,(H,20,23)/t12-/m0/s1. The Morgan fingerprint density at radius 3 is 2.54 bits per heavy atom. The van der Waals surface area contributed by atoms with Gasteiger partial charge in [-0.2, -0.15) is 0 Å². The molecule has 1 N–H and O–H groups in total. The second-order valence-corrected chi connectivity index (χ2v) is 10.0. The number of nitrogens with zero attached hydrogens (tertiary/aromatic N) is 3. The van der Waals surface area contributed by atoms with Gasteiger partial charge in [-0.3, -0.25) is 9.69 Å². The molecule has 1 heterocycles. The summed E-state index contributed by atoms with van der Waals surface area (Å²) in [5, 5.41) is 3.76. The molecule has 28 heavy (non-hydrogen) atoms. The lowest BCUT2D eigenvalue weighted by Gasteiger charge is -2.23. The van der Waals surface area contributed by atoms with Crippen LogP contribution in [0.5, 0.6) is 5.75 Å². The molecule has 0 radical (unpaired) electrons. The average molecular weight is 427 g/mol. The van der Waals surface area contributed by atoms with Crippen LogP contribution >= 0.6 is 11.3 Å². The first-order valence-electron chi connectivity index (χ1n) is 8.59. The van der Waals surface area contributed by atoms with Gasteiger partial charge in [0.1, 0.15) is 5.75 Å². The lowest BCUT2D eigenvalue weighted by molar-refractivity contribution is -0.120. The van der Waals surface area contributed by atoms with E-state index in [9.17, 15) is 13.2 Å². The Kier molecular flexibility index (Phi) is 7.16. The van der Waals surface area contributed by atoms with E-state index >= 15 is 0 Å². The highest BCUT2D eigenvalue weighted by Crippen LogP contribution is 2.29. The van der Waals surface area contributed by atoms with Crippen molar-refractivity contribution in [2.75, 3.05) is 33.6 Å². The molecule has 154 valence electrons. The summed E-state index contributed by atoms with van der Waals surface area (Å²) in [6, 6.07) is 3.94. The molecule has 2 aromatic rings. The van der Waals surface area contributed by atoms with Crippen molar-refractivity contribution in [3.8, 4) is 5.75 Å². The molecule has 10 heteroatoms. The van der Waals surface area contributed by atoms with Gasteiger partial charge < -0.3 is 10.1 Å². The molecule has 0 aliphatic carbocycles. The van der Waals surface area contributed by atoms with Gasteiger partial charge in [0.05, 0.1) is 28.7 Å². The molecule has 0 unspecified atom stereocenters. The second-order valence-electron chi connectivity index (χ2n) is 6.58. The number of benzene rings is 1. The molecule has 8 nitrogen and oxygen atoms in total. The van der Waals surface area contributed by atoms with Crippen molar-refractivity contribution in [1.29, 1.82) is 0 Å². The van der Waals surface area contributed by atoms with Crippen LogP contribution in [-0.4, -0.2) is 62.8 Å². The van der Waals surface area contributed by atoms with Crippen LogP contribution in [0.3, 0.4) is 0 Å². The van der Waals surface area contributed by atoms with Gasteiger partial charge in [0.2, 0.25) is 15.9 Å². The topological polar surface area (TPSA) is 91.8 Å². The van der Waals surface area contributed by atoms with Crippen molar-refractivity contribution < 1.29 is 17.9 Å². The minimum Gasteiger partial charge on any atom is -0.495 e. The number of hydrogen-bond donors (Lipinski definition) is 1. The number of aromatic nitrogens is 1. The van der Waals surface area contributed by atoms with Crippen molar-refractivity contribution in [2.24, 2.45) is 0 Å². The summed E-state index contributed by atoms with van der Waals surface area (Å²) in [6.45, 7) is 4.31. The maximum absolute atomic E-state index is 12.7. The minimum atomic E-state index is -3.62. The quantitative estimate of drug-likeness (QED) is 0.696. The van der Waals surface area contributed by atoms with Crippen LogP contribution in [-0.2, 0) is 21.4 Å². The predicted octanol–water partition coefficient (Wildman–Crippen LogP) is 2.17. The normalized spacial score (nSPS) is 13.0. The molecule has 0 saturated heterocycles. The van der Waals surface area contributed by atoms with E-state index in [0.29, 0.717) is 18.0 Å². The maximum atomic E-state index is 12.7. The molecule has 0 saturated carbocycles. The molecule has 0 aliphatic heterocycles. The van der Waals surface area contributed by atoms with E-state index in [1.54, 1.807) is 24.5 Å². The number of amides is 1. The Labute approximate surface area is 170 Å². The predicted molar refractivity (Wildman–Crippen MR) is 110 cm³/mol. The molecule has 1 aromatic carbocycles. The fraction of sp³-hybridized carbons (Fsp3) is 0.444. The first-order valence-corrected chi connectivity index (χ1v) is 10.8. The summed E-state index contributed by atoms with van der Waals surface area (Å²) in [7, 11) is 2.60. The SMILES string of the molecule is COc1ccc(S(=O)(=O)N(C)C)cc1NC(=O)[C@H](C)N(C)Cc1cnc(C)s1. The summed E-state index contributed by atoms with van der Waals surface area (Å²) >= 11 is 1.59. The number of carbonyl (C=O) groups excluding carboxylic acids is 1. The number of thiazole rings is 1. The van der Waals surface area contributed by atoms with Gasteiger partial charge in [0, 0.05) is 31.7 Å². The summed E-state index contributed by atoms with van der Waals surface area (Å²) in [4.78, 5) is 20.0. The van der Waals surface area contributed by atoms with Crippen molar-refractivity contribution in [1.82, 2.24) is 14.2 Å². The van der Waals surface area contributed by atoms with Crippen LogP contribution in [0.1, 0.15) is 16.8 Å². The Balaban J connectivity index is 2.19. The highest BCUT2D eigenvalue weighted by molar-refractivity contribution is 7.89. The molecule has 0 fully saturated rings. The second kappa shape index (κ2) is 8.99. The molecular formula is C18H26N4O4S2. The Hall–Kier alpha value is -2.01. The third-order valence-electron chi connectivity index (χ3n) is 4.32. The fourth-order valence-electron chi connectivity index (χ4n) is 2.45. The fourth-order valence-corrected chi connectivity index (χ4v) is 4.24. The number of aryl methyl sites for hydroxylation is 1. The maximum Gasteiger partial charge on any atom is 0.242 e. The van der Waals surface area contributed by atoms with Gasteiger partial charge in [-0.05, 0) is 39.1 Å². The molecule has 1 aromatic heterocycles. The number of sulfonamides is 1. The third-order valence-corrected chi connectivity index (χ3v) is 7.03. The first kappa shape index (κ1) is 22.3. The van der Waals surface area contributed by atoms with E-state index in [1.165, 1.54) is 39.4 Å². The van der Waals surface area contributed by atoms with E-state index in [-0.39, 0.29) is 10.8 Å². The number of hydrogen-bond acceptors (Lipinski definition) is 7. The van der Waals surface area contributed by atoms with Crippen molar-refractivity contribution in [3.05, 3.63) is 34.3 Å². The molecule has 1 atom stereocenters. The van der Waals surface area contributed by atoms with E-state index in [2.05, 4.69) is 10.3 Å². The highest BCUT2D eigenvalue weighted by Gasteiger charge is 2.23. The molecule has 0 aliphatic rings. The Morgan fingerprint density at radius 1 is 1.32 bits per heavy atom. The van der Waals surface area contributed by atoms with Gasteiger partial charge in [-0.15, -0.1) is 11.3 Å². The van der Waals surface area contributed by atoms with Crippen molar-refractivity contribution >= 4 is 33.0 Å². The summed E-state index contributed by atoms with van der Waals surface area (Å²) in [6.07, 6.45) is 1.81. The van der Waals surface area contributed by atoms with E-state index in [4.69, 9.17) is 4.74 Å². The molecule has 2 rings (SSSR count). The number of nitrogens with one attached hydrogen (secondary N) is 1. The van der Waals surface area contributed by atoms with Gasteiger partial charge in [0.25, 0.3) is 0 Å². The van der Waals surface area contributed by atoms with Crippen LogP contribution in [0.4, 0.5) is 5.69 Å². The van der Waals surface area contributed by atoms with Crippen LogP contribution in [0, 0.1) is 6.92 Å². The number of anilines is 1. The number of methoxy groups -OCH3 is 1. The third kappa shape index (κ3) is 5.07. The molecule has 1 amide bonds. The van der Waals surface area contributed by atoms with E-state index in [1.807, 2.05) is 18.9 Å². The van der Waals surface area contributed by atoms with E-state index in [0.717, 1.165) is 14.2 Å². The number of likely N-dealkylation sites (N-methyl/N-ethyl adjacent to an activating group) is 1. The highest BCUT2D eigenvalue weighted by atomic mass is 32.2. The minimum absolute atomic E-state index is 0.0785. The number of rotatable bonds is 8. The number of ether oxygens (including phenoxy) is 1. The monoisotopic (exact) mass is 426 g/mol. The molecule has 0 bridgehead atoms. The first-order chi connectivity index (χ1) is 13.1. The van der Waals surface area contributed by atoms with Gasteiger partial charge in [-0.25, -0.2) is 17.7 Å². The number of carbonyl (C=O) groups is 1. The van der Waals surface area contributed by atoms with Crippen molar-refractivity contribution in [3.63, 3.8) is 0 Å². The molecular weight excluding hydrogens is 400 g/mol. The molecule has 0 spiro atoms. The van der Waals surface area contributed by atoms with Crippen molar-refractivity contribution in [2.45, 2.75) is 31.3 Å². The Morgan fingerprint density at radius 2 is 2.00 bits per heavy atom. The average Bonchev–Trinajstić information content (AvgIpc) is 3.05. The summed E-state index contributed by atoms with van der Waals surface area (Å²) in [5.74, 6) is 0.125.